The van der Waals surface area contributed by atoms with Crippen molar-refractivity contribution in [3.8, 4) is 0 Å². The first-order chi connectivity index (χ1) is 4.22. The Balaban J connectivity index is 2.76. The molecule has 5 nitrogen and oxygen atoms in total. The fourth-order valence-electron chi connectivity index (χ4n) is 0.459. The monoisotopic (exact) mass is 125 g/mol. The number of hydrogen-bond donors (Lipinski definition) is 2. The van der Waals surface area contributed by atoms with Crippen LogP contribution >= 0.6 is 0 Å². The predicted molar refractivity (Wildman–Crippen MR) is 29.6 cm³/mol. The molecule has 0 aliphatic carbocycles. The number of rotatable bonds is 1. The van der Waals surface area contributed by atoms with E-state index in [1.165, 1.54) is 6.20 Å². The zero-order chi connectivity index (χ0) is 6.85. The van der Waals surface area contributed by atoms with Crippen LogP contribution in [0.5, 0.6) is 0 Å². The van der Waals surface area contributed by atoms with Crippen LogP contribution in [0.1, 0.15) is 0 Å². The van der Waals surface area contributed by atoms with Crippen molar-refractivity contribution >= 4 is 5.91 Å². The van der Waals surface area contributed by atoms with Crippen LogP contribution in [0.25, 0.3) is 0 Å². The molecule has 0 spiro atoms. The lowest BCUT2D eigenvalue weighted by atomic mass is 10.2. The van der Waals surface area contributed by atoms with E-state index in [2.05, 4.69) is 10.2 Å². The third kappa shape index (κ3) is 0.945. The molecule has 0 fully saturated rings. The maximum absolute atomic E-state index is 10.3. The van der Waals surface area contributed by atoms with Gasteiger partial charge < -0.3 is 5.73 Å². The van der Waals surface area contributed by atoms with Crippen LogP contribution < -0.4 is 11.5 Å². The van der Waals surface area contributed by atoms with Crippen LogP contribution in [0.15, 0.2) is 22.0 Å². The van der Waals surface area contributed by atoms with Gasteiger partial charge in [0, 0.05) is 0 Å². The number of primary amides is 1. The minimum atomic E-state index is -0.600. The number of nitrogens with zero attached hydrogens (tertiary/aromatic N) is 2. The molecule has 5 heteroatoms. The number of hydrogen-bond acceptors (Lipinski definition) is 4. The number of azo groups is 1. The van der Waals surface area contributed by atoms with Crippen molar-refractivity contribution in [3.05, 3.63) is 17.9 Å². The highest BCUT2D eigenvalue weighted by Crippen LogP contribution is 2.14. The van der Waals surface area contributed by atoms with Gasteiger partial charge in [-0.1, -0.05) is 0 Å². The van der Waals surface area contributed by atoms with Gasteiger partial charge in [-0.2, -0.15) is 10.2 Å². The van der Waals surface area contributed by atoms with Crippen molar-refractivity contribution in [1.82, 2.24) is 0 Å². The summed E-state index contributed by atoms with van der Waals surface area (Å²) < 4.78 is 0. The van der Waals surface area contributed by atoms with E-state index in [1.54, 1.807) is 0 Å². The highest BCUT2D eigenvalue weighted by molar-refractivity contribution is 5.95. The molecule has 1 heterocycles. The Bertz CT molecular complexity index is 195. The lowest BCUT2D eigenvalue weighted by Crippen LogP contribution is -2.21. The first-order valence-corrected chi connectivity index (χ1v) is 2.25. The smallest absolute Gasteiger partial charge is 0.250 e. The van der Waals surface area contributed by atoms with Crippen LogP contribution in [0.3, 0.4) is 0 Å². The lowest BCUT2D eigenvalue weighted by Gasteiger charge is -1.95. The van der Waals surface area contributed by atoms with Crippen LogP contribution in [-0.4, -0.2) is 5.91 Å². The Morgan fingerprint density at radius 1 is 1.67 bits per heavy atom. The van der Waals surface area contributed by atoms with Crippen LogP contribution in [0.2, 0.25) is 0 Å². The first kappa shape index (κ1) is 5.90. The maximum atomic E-state index is 10.3. The average Bonchev–Trinajstić information content (AvgIpc) is 2.13. The van der Waals surface area contributed by atoms with E-state index in [0.29, 0.717) is 0 Å². The molecule has 0 aromatic rings. The molecule has 47 valence electrons. The van der Waals surface area contributed by atoms with Crippen molar-refractivity contribution in [2.24, 2.45) is 21.7 Å². The molecule has 1 aliphatic heterocycles. The fraction of sp³-hybridized carbons (Fsp3) is 0. The SMILES string of the molecule is N[C]1N=NC=C1C(N)=O. The van der Waals surface area contributed by atoms with Crippen LogP contribution in [0.4, 0.5) is 0 Å². The normalized spacial score (nSPS) is 18.1. The lowest BCUT2D eigenvalue weighted by molar-refractivity contribution is -0.114. The van der Waals surface area contributed by atoms with E-state index < -0.39 is 5.91 Å². The van der Waals surface area contributed by atoms with Crippen LogP contribution in [-0.2, 0) is 4.79 Å². The molecule has 1 aliphatic rings. The Kier molecular flexibility index (Phi) is 1.27. The summed E-state index contributed by atoms with van der Waals surface area (Å²) in [7, 11) is 0. The number of carbonyl (C=O) groups excluding carboxylic acids is 1. The molecule has 1 rings (SSSR count). The summed E-state index contributed by atoms with van der Waals surface area (Å²) in [5.74, 6) is -0.600. The van der Waals surface area contributed by atoms with Gasteiger partial charge >= 0.3 is 0 Å². The highest BCUT2D eigenvalue weighted by atomic mass is 16.1. The molecule has 1 radical (unpaired) electrons. The summed E-state index contributed by atoms with van der Waals surface area (Å²) in [4.78, 5) is 10.3. The van der Waals surface area contributed by atoms with Gasteiger partial charge in [-0.05, 0) is 0 Å². The number of nitrogens with two attached hydrogens (primary N) is 2. The van der Waals surface area contributed by atoms with Gasteiger partial charge in [0.05, 0.1) is 11.8 Å². The summed E-state index contributed by atoms with van der Waals surface area (Å²) in [6, 6.07) is 0. The zero-order valence-corrected chi connectivity index (χ0v) is 4.53. The third-order valence-corrected chi connectivity index (χ3v) is 0.894. The summed E-state index contributed by atoms with van der Waals surface area (Å²) in [6.45, 7) is 0. The average molecular weight is 125 g/mol. The molecule has 1 amide bonds. The number of amides is 1. The largest absolute Gasteiger partial charge is 0.366 e. The number of carbonyl (C=O) groups is 1. The molecule has 0 unspecified atom stereocenters. The summed E-state index contributed by atoms with van der Waals surface area (Å²) >= 11 is 0. The molecule has 0 saturated heterocycles. The topological polar surface area (TPSA) is 93.8 Å². The van der Waals surface area contributed by atoms with Crippen molar-refractivity contribution in [3.63, 3.8) is 0 Å². The van der Waals surface area contributed by atoms with E-state index in [0.717, 1.165) is 0 Å². The van der Waals surface area contributed by atoms with Crippen molar-refractivity contribution in [2.45, 2.75) is 0 Å². The molecular weight excluding hydrogens is 120 g/mol. The zero-order valence-electron chi connectivity index (χ0n) is 4.53. The van der Waals surface area contributed by atoms with E-state index >= 15 is 0 Å². The van der Waals surface area contributed by atoms with E-state index in [4.69, 9.17) is 11.5 Å². The maximum Gasteiger partial charge on any atom is 0.250 e. The molecule has 4 N–H and O–H groups in total. The molecular formula is C4H5N4O. The van der Waals surface area contributed by atoms with E-state index in [1.807, 2.05) is 0 Å². The van der Waals surface area contributed by atoms with E-state index in [-0.39, 0.29) is 11.7 Å². The summed E-state index contributed by atoms with van der Waals surface area (Å²) in [6.07, 6.45) is 1.32. The molecule has 0 aromatic heterocycles. The highest BCUT2D eigenvalue weighted by Gasteiger charge is 2.18. The predicted octanol–water partition coefficient (Wildman–Crippen LogP) is -0.730. The Morgan fingerprint density at radius 3 is 2.56 bits per heavy atom. The first-order valence-electron chi connectivity index (χ1n) is 2.25. The molecule has 9 heavy (non-hydrogen) atoms. The third-order valence-electron chi connectivity index (χ3n) is 0.894. The summed E-state index contributed by atoms with van der Waals surface area (Å²) in [5, 5.41) is 6.73. The quantitative estimate of drug-likeness (QED) is 0.483. The molecule has 0 atom stereocenters. The van der Waals surface area contributed by atoms with Gasteiger partial charge in [0.25, 0.3) is 0 Å². The molecule has 0 aromatic carbocycles. The minimum Gasteiger partial charge on any atom is -0.366 e. The Morgan fingerprint density at radius 2 is 2.33 bits per heavy atom. The Labute approximate surface area is 51.4 Å². The van der Waals surface area contributed by atoms with Crippen LogP contribution in [0, 0.1) is 6.17 Å². The molecule has 0 saturated carbocycles. The molecule has 0 bridgehead atoms. The minimum absolute atomic E-state index is 0.0856. The second-order valence-electron chi connectivity index (χ2n) is 1.51. The van der Waals surface area contributed by atoms with Gasteiger partial charge in [-0.15, -0.1) is 0 Å². The van der Waals surface area contributed by atoms with Crippen molar-refractivity contribution in [1.29, 1.82) is 0 Å². The van der Waals surface area contributed by atoms with Gasteiger partial charge in [-0.25, -0.2) is 0 Å². The van der Waals surface area contributed by atoms with Gasteiger partial charge in [0.1, 0.15) is 0 Å². The second kappa shape index (κ2) is 1.94. The van der Waals surface area contributed by atoms with Crippen molar-refractivity contribution < 1.29 is 4.79 Å². The fourth-order valence-corrected chi connectivity index (χ4v) is 0.459. The Hall–Kier alpha value is -1.23. The second-order valence-corrected chi connectivity index (χ2v) is 1.51. The van der Waals surface area contributed by atoms with Gasteiger partial charge in [0.2, 0.25) is 12.1 Å². The van der Waals surface area contributed by atoms with Crippen molar-refractivity contribution in [2.75, 3.05) is 0 Å². The summed E-state index contributed by atoms with van der Waals surface area (Å²) in [5.41, 5.74) is 10.2. The van der Waals surface area contributed by atoms with E-state index in [9.17, 15) is 4.79 Å². The standard InChI is InChI=1S/C4H5N4O/c5-3-2(4(6)9)1-7-8-3/h1H,5H2,(H2,6,9). The van der Waals surface area contributed by atoms with Gasteiger partial charge in [0.15, 0.2) is 0 Å². The van der Waals surface area contributed by atoms with Gasteiger partial charge in [-0.3, -0.25) is 10.5 Å².